The van der Waals surface area contributed by atoms with E-state index in [0.717, 1.165) is 6.07 Å². The number of carboxylic acid groups (broad SMARTS) is 2. The number of thiol groups is 1. The summed E-state index contributed by atoms with van der Waals surface area (Å²) < 4.78 is 0. The molecule has 1 heterocycles. The molecule has 0 spiro atoms. The average molecular weight is 295 g/mol. The molecular formula is C13H13NO5S. The summed E-state index contributed by atoms with van der Waals surface area (Å²) in [5.74, 6) is -1.97. The van der Waals surface area contributed by atoms with Gasteiger partial charge in [-0.1, -0.05) is 0 Å². The Labute approximate surface area is 120 Å². The Bertz CT molecular complexity index is 554. The molecule has 0 saturated carbocycles. The van der Waals surface area contributed by atoms with Crippen LogP contribution < -0.4 is 4.90 Å². The van der Waals surface area contributed by atoms with Gasteiger partial charge in [-0.15, -0.1) is 0 Å². The first-order chi connectivity index (χ1) is 9.42. The second kappa shape index (κ2) is 5.54. The smallest absolute Gasteiger partial charge is 0.335 e. The van der Waals surface area contributed by atoms with Crippen molar-refractivity contribution in [3.05, 3.63) is 29.3 Å². The van der Waals surface area contributed by atoms with Gasteiger partial charge in [0.15, 0.2) is 0 Å². The fourth-order valence-corrected chi connectivity index (χ4v) is 2.41. The largest absolute Gasteiger partial charge is 0.478 e. The van der Waals surface area contributed by atoms with Crippen LogP contribution in [0.1, 0.15) is 27.1 Å². The van der Waals surface area contributed by atoms with Gasteiger partial charge in [0.2, 0.25) is 5.91 Å². The van der Waals surface area contributed by atoms with E-state index in [2.05, 4.69) is 12.6 Å². The predicted octanol–water partition coefficient (Wildman–Crippen LogP) is 1.37. The van der Waals surface area contributed by atoms with Crippen molar-refractivity contribution in [3.63, 3.8) is 0 Å². The number of carbonyl (C=O) groups is 3. The maximum absolute atomic E-state index is 11.9. The van der Waals surface area contributed by atoms with Crippen LogP contribution in [0.3, 0.4) is 0 Å². The second-order valence-corrected chi connectivity index (χ2v) is 5.00. The minimum atomic E-state index is -1.23. The highest BCUT2D eigenvalue weighted by Crippen LogP contribution is 2.27. The van der Waals surface area contributed by atoms with E-state index < -0.39 is 11.9 Å². The van der Waals surface area contributed by atoms with Crippen molar-refractivity contribution in [1.29, 1.82) is 0 Å². The Morgan fingerprint density at radius 1 is 1.20 bits per heavy atom. The lowest BCUT2D eigenvalue weighted by Gasteiger charge is -2.17. The number of amides is 1. The van der Waals surface area contributed by atoms with Gasteiger partial charge < -0.3 is 15.1 Å². The van der Waals surface area contributed by atoms with Gasteiger partial charge in [-0.3, -0.25) is 4.79 Å². The molecule has 1 fully saturated rings. The number of anilines is 1. The molecule has 2 N–H and O–H groups in total. The Morgan fingerprint density at radius 2 is 1.75 bits per heavy atom. The molecule has 0 aliphatic carbocycles. The number of hydrogen-bond donors (Lipinski definition) is 3. The molecule has 1 aromatic rings. The number of carboxylic acids is 2. The summed E-state index contributed by atoms with van der Waals surface area (Å²) in [5, 5.41) is 18.0. The average Bonchev–Trinajstić information content (AvgIpc) is 2.79. The summed E-state index contributed by atoms with van der Waals surface area (Å²) in [4.78, 5) is 35.4. The van der Waals surface area contributed by atoms with Crippen LogP contribution in [0.4, 0.5) is 5.69 Å². The van der Waals surface area contributed by atoms with E-state index in [4.69, 9.17) is 10.2 Å². The molecule has 1 atom stereocenters. The number of carbonyl (C=O) groups excluding carboxylic acids is 1. The number of nitrogens with zero attached hydrogens (tertiary/aromatic N) is 1. The molecule has 1 aromatic carbocycles. The topological polar surface area (TPSA) is 94.9 Å². The van der Waals surface area contributed by atoms with Crippen LogP contribution in [0.2, 0.25) is 0 Å². The van der Waals surface area contributed by atoms with Gasteiger partial charge in [-0.2, -0.15) is 12.6 Å². The second-order valence-electron chi connectivity index (χ2n) is 4.64. The number of rotatable bonds is 4. The molecule has 106 valence electrons. The van der Waals surface area contributed by atoms with Gasteiger partial charge in [0, 0.05) is 18.7 Å². The van der Waals surface area contributed by atoms with Crippen LogP contribution >= 0.6 is 12.6 Å². The molecule has 1 saturated heterocycles. The first kappa shape index (κ1) is 14.4. The lowest BCUT2D eigenvalue weighted by molar-refractivity contribution is -0.117. The summed E-state index contributed by atoms with van der Waals surface area (Å²) >= 11 is 4.15. The monoisotopic (exact) mass is 295 g/mol. The molecule has 20 heavy (non-hydrogen) atoms. The number of aromatic carboxylic acids is 2. The van der Waals surface area contributed by atoms with Crippen molar-refractivity contribution in [2.75, 3.05) is 17.2 Å². The Morgan fingerprint density at radius 3 is 2.15 bits per heavy atom. The van der Waals surface area contributed by atoms with Gasteiger partial charge in [0.25, 0.3) is 0 Å². The van der Waals surface area contributed by atoms with Gasteiger partial charge in [0.1, 0.15) is 0 Å². The fraction of sp³-hybridized carbons (Fsp3) is 0.308. The summed E-state index contributed by atoms with van der Waals surface area (Å²) in [6.07, 6.45) is 0.337. The quantitative estimate of drug-likeness (QED) is 0.729. The van der Waals surface area contributed by atoms with Crippen LogP contribution in [-0.2, 0) is 4.79 Å². The SMILES string of the molecule is O=C(O)c1cc(C(=O)O)cc(N2CC(CS)CC2=O)c1. The van der Waals surface area contributed by atoms with E-state index in [1.165, 1.54) is 17.0 Å². The normalized spacial score (nSPS) is 18.4. The molecule has 6 nitrogen and oxygen atoms in total. The van der Waals surface area contributed by atoms with Crippen molar-refractivity contribution in [3.8, 4) is 0 Å². The van der Waals surface area contributed by atoms with Crippen molar-refractivity contribution < 1.29 is 24.6 Å². The highest BCUT2D eigenvalue weighted by molar-refractivity contribution is 7.80. The predicted molar refractivity (Wildman–Crippen MR) is 74.7 cm³/mol. The third-order valence-corrected chi connectivity index (χ3v) is 3.70. The number of benzene rings is 1. The summed E-state index contributed by atoms with van der Waals surface area (Å²) in [6.45, 7) is 0.421. The standard InChI is InChI=1S/C13H13NO5S/c15-11-1-7(6-20)5-14(11)10-3-8(12(16)17)2-9(4-10)13(18)19/h2-4,7,20H,1,5-6H2,(H,16,17)(H,18,19). The zero-order chi connectivity index (χ0) is 14.9. The number of hydrogen-bond acceptors (Lipinski definition) is 4. The lowest BCUT2D eigenvalue weighted by atomic mass is 10.1. The first-order valence-electron chi connectivity index (χ1n) is 5.95. The summed E-state index contributed by atoms with van der Waals surface area (Å²) in [5.41, 5.74) is 0.000584. The minimum absolute atomic E-state index is 0.0904. The highest BCUT2D eigenvalue weighted by Gasteiger charge is 2.30. The lowest BCUT2D eigenvalue weighted by Crippen LogP contribution is -2.25. The zero-order valence-electron chi connectivity index (χ0n) is 10.4. The maximum atomic E-state index is 11.9. The van der Waals surface area contributed by atoms with E-state index in [1.807, 2.05) is 0 Å². The molecular weight excluding hydrogens is 282 g/mol. The van der Waals surface area contributed by atoms with E-state index in [-0.39, 0.29) is 23.0 Å². The van der Waals surface area contributed by atoms with Crippen molar-refractivity contribution in [1.82, 2.24) is 0 Å². The molecule has 1 aliphatic heterocycles. The Kier molecular flexibility index (Phi) is 3.99. The molecule has 1 unspecified atom stereocenters. The highest BCUT2D eigenvalue weighted by atomic mass is 32.1. The van der Waals surface area contributed by atoms with Gasteiger partial charge in [-0.05, 0) is 29.9 Å². The van der Waals surface area contributed by atoms with Gasteiger partial charge >= 0.3 is 11.9 Å². The summed E-state index contributed by atoms with van der Waals surface area (Å²) in [7, 11) is 0. The fourth-order valence-electron chi connectivity index (χ4n) is 2.17. The molecule has 2 rings (SSSR count). The molecule has 0 radical (unpaired) electrons. The van der Waals surface area contributed by atoms with E-state index in [1.54, 1.807) is 0 Å². The molecule has 0 aromatic heterocycles. The van der Waals surface area contributed by atoms with Crippen molar-refractivity contribution in [2.24, 2.45) is 5.92 Å². The van der Waals surface area contributed by atoms with E-state index in [0.29, 0.717) is 24.4 Å². The Hall–Kier alpha value is -2.02. The summed E-state index contributed by atoms with van der Waals surface area (Å²) in [6, 6.07) is 3.70. The van der Waals surface area contributed by atoms with Crippen molar-refractivity contribution >= 4 is 36.2 Å². The third kappa shape index (κ3) is 2.77. The zero-order valence-corrected chi connectivity index (χ0v) is 11.3. The minimum Gasteiger partial charge on any atom is -0.478 e. The molecule has 1 aliphatic rings. The maximum Gasteiger partial charge on any atom is 0.335 e. The van der Waals surface area contributed by atoms with E-state index >= 15 is 0 Å². The van der Waals surface area contributed by atoms with Crippen LogP contribution in [0.15, 0.2) is 18.2 Å². The molecule has 0 bridgehead atoms. The first-order valence-corrected chi connectivity index (χ1v) is 6.58. The van der Waals surface area contributed by atoms with Crippen LogP contribution in [0.5, 0.6) is 0 Å². The van der Waals surface area contributed by atoms with Gasteiger partial charge in [0.05, 0.1) is 11.1 Å². The van der Waals surface area contributed by atoms with Gasteiger partial charge in [-0.25, -0.2) is 9.59 Å². The van der Waals surface area contributed by atoms with Crippen LogP contribution in [0.25, 0.3) is 0 Å². The van der Waals surface area contributed by atoms with E-state index in [9.17, 15) is 14.4 Å². The van der Waals surface area contributed by atoms with Crippen LogP contribution in [-0.4, -0.2) is 40.4 Å². The van der Waals surface area contributed by atoms with Crippen molar-refractivity contribution in [2.45, 2.75) is 6.42 Å². The third-order valence-electron chi connectivity index (χ3n) is 3.19. The van der Waals surface area contributed by atoms with Crippen LogP contribution in [0, 0.1) is 5.92 Å². The molecule has 1 amide bonds. The molecule has 7 heteroatoms. The Balaban J connectivity index is 2.43.